The average Bonchev–Trinajstić information content (AvgIpc) is 2.05. The molecule has 1 amide bonds. The van der Waals surface area contributed by atoms with E-state index in [-0.39, 0.29) is 0 Å². The summed E-state index contributed by atoms with van der Waals surface area (Å²) in [5.74, 6) is 0.146. The maximum Gasteiger partial charge on any atom is 0.250 e. The fourth-order valence-electron chi connectivity index (χ4n) is 0.764. The maximum absolute atomic E-state index is 10.8. The van der Waals surface area contributed by atoms with E-state index in [2.05, 4.69) is 26.2 Å². The zero-order valence-electron chi connectivity index (χ0n) is 6.47. The molecular weight excluding hydrogens is 222 g/mol. The van der Waals surface area contributed by atoms with Gasteiger partial charge in [-0.15, -0.1) is 0 Å². The van der Waals surface area contributed by atoms with Gasteiger partial charge in [-0.3, -0.25) is 4.79 Å². The highest BCUT2D eigenvalue weighted by atomic mass is 79.9. The number of aromatic nitrogens is 1. The van der Waals surface area contributed by atoms with E-state index in [1.807, 2.05) is 0 Å². The number of rotatable bonds is 2. The third-order valence-corrected chi connectivity index (χ3v) is 2.01. The molecule has 0 aliphatic heterocycles. The van der Waals surface area contributed by atoms with Crippen LogP contribution in [0.1, 0.15) is 10.4 Å². The monoisotopic (exact) mass is 229 g/mol. The van der Waals surface area contributed by atoms with Crippen LogP contribution in [0.25, 0.3) is 0 Å². The Kier molecular flexibility index (Phi) is 2.65. The predicted octanol–water partition coefficient (Wildman–Crippen LogP) is 0.985. The van der Waals surface area contributed by atoms with E-state index in [1.54, 1.807) is 13.1 Å². The number of hydrogen-bond acceptors (Lipinski definition) is 3. The van der Waals surface area contributed by atoms with E-state index < -0.39 is 5.91 Å². The first-order valence-corrected chi connectivity index (χ1v) is 4.07. The van der Waals surface area contributed by atoms with Gasteiger partial charge >= 0.3 is 0 Å². The third kappa shape index (κ3) is 1.73. The Morgan fingerprint density at radius 3 is 2.92 bits per heavy atom. The van der Waals surface area contributed by atoms with Gasteiger partial charge in [0.15, 0.2) is 0 Å². The Balaban J connectivity index is 3.17. The highest BCUT2D eigenvalue weighted by Gasteiger charge is 2.06. The van der Waals surface area contributed by atoms with Crippen molar-refractivity contribution in [3.63, 3.8) is 0 Å². The number of nitrogens with zero attached hydrogens (tertiary/aromatic N) is 1. The summed E-state index contributed by atoms with van der Waals surface area (Å²) < 4.78 is 0.606. The van der Waals surface area contributed by atoms with Crippen molar-refractivity contribution in [3.05, 3.63) is 22.3 Å². The highest BCUT2D eigenvalue weighted by molar-refractivity contribution is 9.10. The van der Waals surface area contributed by atoms with Crippen LogP contribution >= 0.6 is 15.9 Å². The SMILES string of the molecule is CNc1cc(C(N)=O)c(Br)cn1. The number of halogens is 1. The summed E-state index contributed by atoms with van der Waals surface area (Å²) in [6.45, 7) is 0. The molecule has 0 saturated carbocycles. The quantitative estimate of drug-likeness (QED) is 0.795. The van der Waals surface area contributed by atoms with Gasteiger partial charge in [0.1, 0.15) is 5.82 Å². The molecule has 1 aromatic heterocycles. The lowest BCUT2D eigenvalue weighted by atomic mass is 10.2. The average molecular weight is 230 g/mol. The van der Waals surface area contributed by atoms with Crippen LogP contribution in [0.3, 0.4) is 0 Å². The summed E-state index contributed by atoms with van der Waals surface area (Å²) in [6, 6.07) is 1.59. The summed E-state index contributed by atoms with van der Waals surface area (Å²) in [4.78, 5) is 14.8. The van der Waals surface area contributed by atoms with Crippen molar-refractivity contribution in [2.45, 2.75) is 0 Å². The Morgan fingerprint density at radius 1 is 1.75 bits per heavy atom. The van der Waals surface area contributed by atoms with Gasteiger partial charge in [0.2, 0.25) is 5.91 Å². The van der Waals surface area contributed by atoms with E-state index >= 15 is 0 Å². The van der Waals surface area contributed by atoms with Crippen LogP contribution in [0.15, 0.2) is 16.7 Å². The van der Waals surface area contributed by atoms with Crippen LogP contribution in [0.4, 0.5) is 5.82 Å². The largest absolute Gasteiger partial charge is 0.373 e. The van der Waals surface area contributed by atoms with Crippen molar-refractivity contribution in [1.29, 1.82) is 0 Å². The summed E-state index contributed by atoms with van der Waals surface area (Å²) in [7, 11) is 1.72. The van der Waals surface area contributed by atoms with Crippen molar-refractivity contribution in [2.75, 3.05) is 12.4 Å². The summed E-state index contributed by atoms with van der Waals surface area (Å²) >= 11 is 3.17. The molecule has 0 aliphatic rings. The number of carbonyl (C=O) groups excluding carboxylic acids is 1. The normalized spacial score (nSPS) is 9.50. The van der Waals surface area contributed by atoms with Gasteiger partial charge in [-0.25, -0.2) is 4.98 Å². The number of nitrogens with one attached hydrogen (secondary N) is 1. The van der Waals surface area contributed by atoms with Crippen molar-refractivity contribution < 1.29 is 4.79 Å². The first kappa shape index (κ1) is 8.99. The van der Waals surface area contributed by atoms with Crippen LogP contribution in [-0.2, 0) is 0 Å². The minimum Gasteiger partial charge on any atom is -0.373 e. The number of anilines is 1. The van der Waals surface area contributed by atoms with E-state index in [0.717, 1.165) is 0 Å². The first-order valence-electron chi connectivity index (χ1n) is 3.28. The standard InChI is InChI=1S/C7H8BrN3O/c1-10-6-2-4(7(9)12)5(8)3-11-6/h2-3H,1H3,(H2,9,12)(H,10,11). The lowest BCUT2D eigenvalue weighted by Crippen LogP contribution is -2.12. The molecule has 0 unspecified atom stereocenters. The second-order valence-electron chi connectivity index (χ2n) is 2.16. The Morgan fingerprint density at radius 2 is 2.42 bits per heavy atom. The van der Waals surface area contributed by atoms with Gasteiger partial charge in [0.25, 0.3) is 0 Å². The summed E-state index contributed by atoms with van der Waals surface area (Å²) in [6.07, 6.45) is 1.53. The second kappa shape index (κ2) is 3.53. The topological polar surface area (TPSA) is 68.0 Å². The minimum absolute atomic E-state index is 0.425. The van der Waals surface area contributed by atoms with Gasteiger partial charge in [-0.1, -0.05) is 0 Å². The smallest absolute Gasteiger partial charge is 0.250 e. The van der Waals surface area contributed by atoms with E-state index in [1.165, 1.54) is 6.20 Å². The molecule has 0 fully saturated rings. The molecule has 0 aliphatic carbocycles. The minimum atomic E-state index is -0.472. The van der Waals surface area contributed by atoms with Crippen molar-refractivity contribution in [3.8, 4) is 0 Å². The van der Waals surface area contributed by atoms with Gasteiger partial charge in [0, 0.05) is 17.7 Å². The third-order valence-electron chi connectivity index (χ3n) is 1.38. The fraction of sp³-hybridized carbons (Fsp3) is 0.143. The van der Waals surface area contributed by atoms with Crippen molar-refractivity contribution in [1.82, 2.24) is 4.98 Å². The van der Waals surface area contributed by atoms with Crippen molar-refractivity contribution in [2.24, 2.45) is 5.73 Å². The zero-order chi connectivity index (χ0) is 9.14. The molecule has 1 rings (SSSR count). The number of nitrogens with two attached hydrogens (primary N) is 1. The van der Waals surface area contributed by atoms with Gasteiger partial charge < -0.3 is 11.1 Å². The first-order chi connectivity index (χ1) is 5.65. The van der Waals surface area contributed by atoms with E-state index in [9.17, 15) is 4.79 Å². The lowest BCUT2D eigenvalue weighted by Gasteiger charge is -2.02. The second-order valence-corrected chi connectivity index (χ2v) is 3.02. The summed E-state index contributed by atoms with van der Waals surface area (Å²) in [5.41, 5.74) is 5.54. The summed E-state index contributed by atoms with van der Waals surface area (Å²) in [5, 5.41) is 2.81. The molecule has 0 saturated heterocycles. The van der Waals surface area contributed by atoms with Crippen LogP contribution in [-0.4, -0.2) is 17.9 Å². The van der Waals surface area contributed by atoms with Crippen LogP contribution in [0.2, 0.25) is 0 Å². The number of carbonyl (C=O) groups is 1. The maximum atomic E-state index is 10.8. The van der Waals surface area contributed by atoms with Gasteiger partial charge in [0.05, 0.1) is 5.56 Å². The Labute approximate surface area is 78.3 Å². The molecule has 5 heteroatoms. The predicted molar refractivity (Wildman–Crippen MR) is 50.0 cm³/mol. The molecule has 0 radical (unpaired) electrons. The molecule has 4 nitrogen and oxygen atoms in total. The van der Waals surface area contributed by atoms with Crippen LogP contribution in [0.5, 0.6) is 0 Å². The number of primary amides is 1. The molecule has 0 aromatic carbocycles. The highest BCUT2D eigenvalue weighted by Crippen LogP contribution is 2.17. The molecule has 1 heterocycles. The number of pyridine rings is 1. The molecule has 64 valence electrons. The molecular formula is C7H8BrN3O. The van der Waals surface area contributed by atoms with Crippen LogP contribution in [0, 0.1) is 0 Å². The van der Waals surface area contributed by atoms with Gasteiger partial charge in [-0.05, 0) is 22.0 Å². The fourth-order valence-corrected chi connectivity index (χ4v) is 1.18. The van der Waals surface area contributed by atoms with Crippen LogP contribution < -0.4 is 11.1 Å². The zero-order valence-corrected chi connectivity index (χ0v) is 8.05. The Bertz CT molecular complexity index is 314. The van der Waals surface area contributed by atoms with E-state index in [4.69, 9.17) is 5.73 Å². The number of amides is 1. The molecule has 0 atom stereocenters. The van der Waals surface area contributed by atoms with Crippen molar-refractivity contribution >= 4 is 27.7 Å². The molecule has 12 heavy (non-hydrogen) atoms. The van der Waals surface area contributed by atoms with E-state index in [0.29, 0.717) is 15.9 Å². The molecule has 0 spiro atoms. The Hall–Kier alpha value is -1.10. The van der Waals surface area contributed by atoms with Gasteiger partial charge in [-0.2, -0.15) is 0 Å². The number of hydrogen-bond donors (Lipinski definition) is 2. The molecule has 0 bridgehead atoms. The lowest BCUT2D eigenvalue weighted by molar-refractivity contribution is 0.0999. The molecule has 1 aromatic rings. The molecule has 3 N–H and O–H groups in total.